The number of amides is 1. The highest BCUT2D eigenvalue weighted by atomic mass is 35.5. The highest BCUT2D eigenvalue weighted by Crippen LogP contribution is 2.32. The van der Waals surface area contributed by atoms with Crippen molar-refractivity contribution in [2.24, 2.45) is 5.92 Å². The molecule has 0 radical (unpaired) electrons. The molecule has 2 saturated heterocycles. The maximum absolute atomic E-state index is 13.4. The molecule has 1 aromatic heterocycles. The lowest BCUT2D eigenvalue weighted by molar-refractivity contribution is -0.135. The van der Waals surface area contributed by atoms with E-state index >= 15 is 0 Å². The molecule has 1 aromatic carbocycles. The molecule has 3 heterocycles. The number of hydrogen-bond acceptors (Lipinski definition) is 5. The molecule has 168 valence electrons. The fraction of sp³-hybridized carbons (Fsp3) is 0.480. The smallest absolute Gasteiger partial charge is 0.225 e. The highest BCUT2D eigenvalue weighted by Gasteiger charge is 2.39. The molecule has 1 N–H and O–H groups in total. The first-order valence-corrected chi connectivity index (χ1v) is 11.7. The van der Waals surface area contributed by atoms with Crippen molar-refractivity contribution < 1.29 is 4.79 Å². The Morgan fingerprint density at radius 1 is 1.16 bits per heavy atom. The minimum absolute atomic E-state index is 0.0494. The molecular formula is C25H30ClN5O. The van der Waals surface area contributed by atoms with Crippen LogP contribution in [0.5, 0.6) is 0 Å². The summed E-state index contributed by atoms with van der Waals surface area (Å²) >= 11 is 6.09. The summed E-state index contributed by atoms with van der Waals surface area (Å²) in [5.74, 6) is 1.46. The van der Waals surface area contributed by atoms with Gasteiger partial charge in [0.15, 0.2) is 0 Å². The van der Waals surface area contributed by atoms with Crippen LogP contribution in [0.25, 0.3) is 0 Å². The monoisotopic (exact) mass is 451 g/mol. The zero-order valence-electron chi connectivity index (χ0n) is 18.7. The van der Waals surface area contributed by atoms with Crippen molar-refractivity contribution in [2.45, 2.75) is 44.7 Å². The Bertz CT molecular complexity index is 961. The first-order chi connectivity index (χ1) is 15.4. The number of pyridine rings is 1. The van der Waals surface area contributed by atoms with Crippen molar-refractivity contribution in [2.75, 3.05) is 31.1 Å². The SMILES string of the molecule is CC(C)N[C@H]1CN(C(=O)C2CCN(c3ccc(C#N)cn3)CC2)C[C@@H]1c1ccc(Cl)cc1. The Morgan fingerprint density at radius 2 is 1.88 bits per heavy atom. The van der Waals surface area contributed by atoms with Crippen molar-refractivity contribution >= 4 is 23.3 Å². The normalized spacial score (nSPS) is 21.7. The molecule has 2 aliphatic rings. The van der Waals surface area contributed by atoms with E-state index in [-0.39, 0.29) is 23.8 Å². The van der Waals surface area contributed by atoms with Crippen molar-refractivity contribution in [1.29, 1.82) is 5.26 Å². The van der Waals surface area contributed by atoms with Crippen LogP contribution in [-0.2, 0) is 4.79 Å². The van der Waals surface area contributed by atoms with Crippen LogP contribution in [0.2, 0.25) is 5.02 Å². The predicted molar refractivity (Wildman–Crippen MR) is 127 cm³/mol. The van der Waals surface area contributed by atoms with Gasteiger partial charge in [0.25, 0.3) is 0 Å². The number of carbonyl (C=O) groups excluding carboxylic acids is 1. The van der Waals surface area contributed by atoms with E-state index in [0.717, 1.165) is 49.9 Å². The van der Waals surface area contributed by atoms with Crippen molar-refractivity contribution in [3.05, 3.63) is 58.7 Å². The van der Waals surface area contributed by atoms with Crippen LogP contribution in [0, 0.1) is 17.2 Å². The minimum Gasteiger partial charge on any atom is -0.357 e. The third-order valence-corrected chi connectivity index (χ3v) is 6.77. The molecule has 0 saturated carbocycles. The molecule has 7 heteroatoms. The van der Waals surface area contributed by atoms with Gasteiger partial charge in [-0.15, -0.1) is 0 Å². The molecule has 2 aromatic rings. The molecule has 32 heavy (non-hydrogen) atoms. The average molecular weight is 452 g/mol. The van der Waals surface area contributed by atoms with E-state index in [1.54, 1.807) is 12.3 Å². The van der Waals surface area contributed by atoms with Gasteiger partial charge in [-0.05, 0) is 42.7 Å². The maximum Gasteiger partial charge on any atom is 0.225 e. The molecule has 6 nitrogen and oxygen atoms in total. The third kappa shape index (κ3) is 5.06. The lowest BCUT2D eigenvalue weighted by atomic mass is 9.93. The second kappa shape index (κ2) is 9.89. The van der Waals surface area contributed by atoms with Gasteiger partial charge in [-0.2, -0.15) is 5.26 Å². The fourth-order valence-electron chi connectivity index (χ4n) is 4.88. The number of nitrogens with zero attached hydrogens (tertiary/aromatic N) is 4. The summed E-state index contributed by atoms with van der Waals surface area (Å²) in [5.41, 5.74) is 1.79. The Balaban J connectivity index is 1.39. The molecule has 0 unspecified atom stereocenters. The van der Waals surface area contributed by atoms with E-state index in [2.05, 4.69) is 52.2 Å². The highest BCUT2D eigenvalue weighted by molar-refractivity contribution is 6.30. The maximum atomic E-state index is 13.4. The number of likely N-dealkylation sites (tertiary alicyclic amines) is 1. The quantitative estimate of drug-likeness (QED) is 0.748. The van der Waals surface area contributed by atoms with Gasteiger partial charge in [0.1, 0.15) is 11.9 Å². The van der Waals surface area contributed by atoms with E-state index in [1.807, 2.05) is 18.2 Å². The lowest BCUT2D eigenvalue weighted by Gasteiger charge is -2.34. The number of halogens is 1. The summed E-state index contributed by atoms with van der Waals surface area (Å²) in [6.45, 7) is 7.38. The number of anilines is 1. The first-order valence-electron chi connectivity index (χ1n) is 11.4. The van der Waals surface area contributed by atoms with Crippen molar-refractivity contribution in [3.63, 3.8) is 0 Å². The molecule has 0 aliphatic carbocycles. The van der Waals surface area contributed by atoms with Gasteiger partial charge < -0.3 is 15.1 Å². The van der Waals surface area contributed by atoms with Crippen LogP contribution in [0.15, 0.2) is 42.6 Å². The van der Waals surface area contributed by atoms with Gasteiger partial charge in [-0.3, -0.25) is 4.79 Å². The Morgan fingerprint density at radius 3 is 2.47 bits per heavy atom. The predicted octanol–water partition coefficient (Wildman–Crippen LogP) is 3.82. The molecule has 4 rings (SSSR count). The number of benzene rings is 1. The van der Waals surface area contributed by atoms with Gasteiger partial charge in [-0.1, -0.05) is 37.6 Å². The summed E-state index contributed by atoms with van der Waals surface area (Å²) in [5, 5.41) is 13.3. The molecule has 2 aliphatic heterocycles. The summed E-state index contributed by atoms with van der Waals surface area (Å²) in [6, 6.07) is 14.4. The fourth-order valence-corrected chi connectivity index (χ4v) is 5.01. The van der Waals surface area contributed by atoms with E-state index in [1.165, 1.54) is 5.56 Å². The molecular weight excluding hydrogens is 422 g/mol. The third-order valence-electron chi connectivity index (χ3n) is 6.52. The van der Waals surface area contributed by atoms with Crippen LogP contribution in [0.3, 0.4) is 0 Å². The number of nitriles is 1. The van der Waals surface area contributed by atoms with Gasteiger partial charge in [0.2, 0.25) is 5.91 Å². The van der Waals surface area contributed by atoms with Gasteiger partial charge in [0, 0.05) is 61.3 Å². The molecule has 0 bridgehead atoms. The van der Waals surface area contributed by atoms with E-state index in [0.29, 0.717) is 11.6 Å². The number of aromatic nitrogens is 1. The van der Waals surface area contributed by atoms with Crippen LogP contribution in [0.1, 0.15) is 43.7 Å². The molecule has 2 atom stereocenters. The second-order valence-corrected chi connectivity index (χ2v) is 9.54. The zero-order valence-corrected chi connectivity index (χ0v) is 19.4. The minimum atomic E-state index is 0.0494. The summed E-state index contributed by atoms with van der Waals surface area (Å²) in [4.78, 5) is 22.1. The topological polar surface area (TPSA) is 72.3 Å². The second-order valence-electron chi connectivity index (χ2n) is 9.11. The summed E-state index contributed by atoms with van der Waals surface area (Å²) in [7, 11) is 0. The van der Waals surface area contributed by atoms with Crippen LogP contribution < -0.4 is 10.2 Å². The molecule has 1 amide bonds. The van der Waals surface area contributed by atoms with Gasteiger partial charge >= 0.3 is 0 Å². The average Bonchev–Trinajstić information content (AvgIpc) is 3.22. The number of piperidine rings is 1. The van der Waals surface area contributed by atoms with E-state index in [4.69, 9.17) is 16.9 Å². The lowest BCUT2D eigenvalue weighted by Crippen LogP contribution is -2.44. The van der Waals surface area contributed by atoms with Crippen LogP contribution in [0.4, 0.5) is 5.82 Å². The van der Waals surface area contributed by atoms with Gasteiger partial charge in [-0.25, -0.2) is 4.98 Å². The van der Waals surface area contributed by atoms with E-state index in [9.17, 15) is 4.79 Å². The number of carbonyl (C=O) groups is 1. The standard InChI is InChI=1S/C25H30ClN5O/c1-17(2)29-23-16-31(15-22(23)19-4-6-21(26)7-5-19)25(32)20-9-11-30(12-10-20)24-8-3-18(13-27)14-28-24/h3-8,14,17,20,22-23,29H,9-12,15-16H2,1-2H3/t22-,23+/m1/s1. The van der Waals surface area contributed by atoms with Crippen LogP contribution >= 0.6 is 11.6 Å². The Labute approximate surface area is 195 Å². The number of nitrogens with one attached hydrogen (secondary N) is 1. The largest absolute Gasteiger partial charge is 0.357 e. The van der Waals surface area contributed by atoms with E-state index < -0.39 is 0 Å². The first kappa shape index (κ1) is 22.6. The van der Waals surface area contributed by atoms with Crippen molar-refractivity contribution in [3.8, 4) is 6.07 Å². The van der Waals surface area contributed by atoms with Crippen LogP contribution in [-0.4, -0.2) is 54.1 Å². The number of rotatable bonds is 5. The number of hydrogen-bond donors (Lipinski definition) is 1. The Kier molecular flexibility index (Phi) is 6.98. The van der Waals surface area contributed by atoms with Crippen molar-refractivity contribution in [1.82, 2.24) is 15.2 Å². The molecule has 2 fully saturated rings. The summed E-state index contributed by atoms with van der Waals surface area (Å²) in [6.07, 6.45) is 3.26. The van der Waals surface area contributed by atoms with Gasteiger partial charge in [0.05, 0.1) is 5.56 Å². The molecule has 0 spiro atoms. The zero-order chi connectivity index (χ0) is 22.7. The Hall–Kier alpha value is -2.62. The summed E-state index contributed by atoms with van der Waals surface area (Å²) < 4.78 is 0.